The molecule has 4 heteroatoms. The smallest absolute Gasteiger partial charge is 0.260 e. The molecule has 1 atom stereocenters. The van der Waals surface area contributed by atoms with Crippen LogP contribution >= 0.6 is 0 Å². The normalized spacial score (nSPS) is 16.8. The van der Waals surface area contributed by atoms with Gasteiger partial charge in [-0.05, 0) is 50.3 Å². The molecule has 1 aliphatic carbocycles. The quantitative estimate of drug-likeness (QED) is 0.876. The molecule has 1 amide bonds. The van der Waals surface area contributed by atoms with Gasteiger partial charge in [-0.25, -0.2) is 0 Å². The van der Waals surface area contributed by atoms with Crippen molar-refractivity contribution in [3.63, 3.8) is 0 Å². The fraction of sp³-hybridized carbons (Fsp3) is 0.588. The van der Waals surface area contributed by atoms with Gasteiger partial charge in [-0.3, -0.25) is 4.79 Å². The van der Waals surface area contributed by atoms with Gasteiger partial charge in [0.2, 0.25) is 0 Å². The van der Waals surface area contributed by atoms with Gasteiger partial charge in [-0.1, -0.05) is 25.0 Å². The van der Waals surface area contributed by atoms with E-state index in [0.29, 0.717) is 6.04 Å². The minimum atomic E-state index is -0.511. The topological polar surface area (TPSA) is 58.6 Å². The van der Waals surface area contributed by atoms with Crippen molar-refractivity contribution in [1.82, 2.24) is 5.32 Å². The molecule has 2 rings (SSSR count). The van der Waals surface area contributed by atoms with Gasteiger partial charge in [-0.2, -0.15) is 0 Å². The fourth-order valence-electron chi connectivity index (χ4n) is 2.94. The summed E-state index contributed by atoms with van der Waals surface area (Å²) in [6, 6.07) is 4.09. The Labute approximate surface area is 126 Å². The number of nitrogens with one attached hydrogen (secondary N) is 1. The maximum Gasteiger partial charge on any atom is 0.260 e. The number of ether oxygens (including phenoxy) is 1. The first-order chi connectivity index (χ1) is 10.0. The Balaban J connectivity index is 2.01. The number of carbonyl (C=O) groups is 1. The molecule has 1 saturated carbocycles. The van der Waals surface area contributed by atoms with Crippen LogP contribution in [-0.4, -0.2) is 23.2 Å². The van der Waals surface area contributed by atoms with E-state index in [-0.39, 0.29) is 12.5 Å². The van der Waals surface area contributed by atoms with Crippen LogP contribution in [0.15, 0.2) is 12.1 Å². The van der Waals surface area contributed by atoms with Crippen molar-refractivity contribution in [2.75, 3.05) is 0 Å². The molecule has 0 bridgehead atoms. The molecule has 1 aromatic rings. The Bertz CT molecular complexity index is 484. The van der Waals surface area contributed by atoms with Gasteiger partial charge in [0.25, 0.3) is 5.91 Å². The number of rotatable bonds is 5. The molecule has 0 aromatic heterocycles. The molecule has 1 aliphatic rings. The lowest BCUT2D eigenvalue weighted by atomic mass is 10.1. The van der Waals surface area contributed by atoms with Gasteiger partial charge >= 0.3 is 0 Å². The minimum Gasteiger partial charge on any atom is -0.480 e. The number of benzene rings is 1. The molecule has 0 spiro atoms. The van der Waals surface area contributed by atoms with Gasteiger partial charge in [0, 0.05) is 6.04 Å². The van der Waals surface area contributed by atoms with Crippen LogP contribution in [0.2, 0.25) is 0 Å². The number of amides is 1. The van der Waals surface area contributed by atoms with Gasteiger partial charge in [0.1, 0.15) is 5.75 Å². The lowest BCUT2D eigenvalue weighted by Gasteiger charge is -2.20. The SMILES string of the molecule is Cc1cc(CO)cc(C)c1OC(C)C(=O)NC1CCCC1. The average molecular weight is 291 g/mol. The maximum absolute atomic E-state index is 12.2. The van der Waals surface area contributed by atoms with Gasteiger partial charge in [0.05, 0.1) is 6.61 Å². The van der Waals surface area contributed by atoms with Crippen LogP contribution in [0.25, 0.3) is 0 Å². The monoisotopic (exact) mass is 291 g/mol. The second-order valence-corrected chi connectivity index (χ2v) is 5.97. The summed E-state index contributed by atoms with van der Waals surface area (Å²) in [5.41, 5.74) is 2.75. The van der Waals surface area contributed by atoms with E-state index in [4.69, 9.17) is 4.74 Å². The van der Waals surface area contributed by atoms with E-state index >= 15 is 0 Å². The standard InChI is InChI=1S/C17H25NO3/c1-11-8-14(10-19)9-12(2)16(11)21-13(3)17(20)18-15-6-4-5-7-15/h8-9,13,15,19H,4-7,10H2,1-3H3,(H,18,20). The highest BCUT2D eigenvalue weighted by Crippen LogP contribution is 2.26. The Morgan fingerprint density at radius 1 is 1.33 bits per heavy atom. The van der Waals surface area contributed by atoms with Crippen molar-refractivity contribution in [2.45, 2.75) is 65.2 Å². The summed E-state index contributed by atoms with van der Waals surface area (Å²) >= 11 is 0. The van der Waals surface area contributed by atoms with Crippen LogP contribution in [0.5, 0.6) is 5.75 Å². The lowest BCUT2D eigenvalue weighted by molar-refractivity contribution is -0.128. The Morgan fingerprint density at radius 2 is 1.90 bits per heavy atom. The first kappa shape index (κ1) is 15.8. The van der Waals surface area contributed by atoms with Crippen molar-refractivity contribution < 1.29 is 14.6 Å². The van der Waals surface area contributed by atoms with E-state index < -0.39 is 6.10 Å². The van der Waals surface area contributed by atoms with E-state index in [0.717, 1.165) is 35.3 Å². The van der Waals surface area contributed by atoms with Crippen LogP contribution in [0, 0.1) is 13.8 Å². The molecular formula is C17H25NO3. The Kier molecular flexibility index (Phi) is 5.23. The van der Waals surface area contributed by atoms with Crippen LogP contribution in [0.4, 0.5) is 0 Å². The van der Waals surface area contributed by atoms with E-state index in [1.807, 2.05) is 26.0 Å². The molecule has 1 unspecified atom stereocenters. The molecule has 4 nitrogen and oxygen atoms in total. The zero-order valence-corrected chi connectivity index (χ0v) is 13.1. The molecule has 0 radical (unpaired) electrons. The molecule has 0 saturated heterocycles. The van der Waals surface area contributed by atoms with Crippen molar-refractivity contribution >= 4 is 5.91 Å². The van der Waals surface area contributed by atoms with Crippen molar-refractivity contribution in [3.8, 4) is 5.75 Å². The average Bonchev–Trinajstić information content (AvgIpc) is 2.95. The van der Waals surface area contributed by atoms with Crippen molar-refractivity contribution in [3.05, 3.63) is 28.8 Å². The Morgan fingerprint density at radius 3 is 2.43 bits per heavy atom. The van der Waals surface area contributed by atoms with Crippen molar-refractivity contribution in [2.24, 2.45) is 0 Å². The molecule has 2 N–H and O–H groups in total. The predicted molar refractivity (Wildman–Crippen MR) is 82.3 cm³/mol. The third kappa shape index (κ3) is 3.97. The summed E-state index contributed by atoms with van der Waals surface area (Å²) in [5, 5.41) is 12.3. The van der Waals surface area contributed by atoms with Gasteiger partial charge in [-0.15, -0.1) is 0 Å². The van der Waals surface area contributed by atoms with Crippen LogP contribution in [0.1, 0.15) is 49.3 Å². The first-order valence-corrected chi connectivity index (χ1v) is 7.69. The zero-order valence-electron chi connectivity index (χ0n) is 13.1. The molecule has 1 aromatic carbocycles. The highest BCUT2D eigenvalue weighted by molar-refractivity contribution is 5.81. The van der Waals surface area contributed by atoms with Gasteiger partial charge in [0.15, 0.2) is 6.10 Å². The van der Waals surface area contributed by atoms with Crippen molar-refractivity contribution in [1.29, 1.82) is 0 Å². The highest BCUT2D eigenvalue weighted by atomic mass is 16.5. The summed E-state index contributed by atoms with van der Waals surface area (Å²) in [4.78, 5) is 12.2. The third-order valence-electron chi connectivity index (χ3n) is 4.07. The first-order valence-electron chi connectivity index (χ1n) is 7.69. The lowest BCUT2D eigenvalue weighted by Crippen LogP contribution is -2.41. The second-order valence-electron chi connectivity index (χ2n) is 5.97. The molecule has 1 fully saturated rings. The molecular weight excluding hydrogens is 266 g/mol. The number of aliphatic hydroxyl groups is 1. The second kappa shape index (κ2) is 6.94. The summed E-state index contributed by atoms with van der Waals surface area (Å²) < 4.78 is 5.85. The molecule has 0 aliphatic heterocycles. The largest absolute Gasteiger partial charge is 0.480 e. The molecule has 0 heterocycles. The maximum atomic E-state index is 12.2. The summed E-state index contributed by atoms with van der Waals surface area (Å²) in [6.45, 7) is 5.66. The molecule has 116 valence electrons. The Hall–Kier alpha value is -1.55. The third-order valence-corrected chi connectivity index (χ3v) is 4.07. The van der Waals surface area contributed by atoms with E-state index in [9.17, 15) is 9.90 Å². The summed E-state index contributed by atoms with van der Waals surface area (Å²) in [7, 11) is 0. The van der Waals surface area contributed by atoms with Crippen LogP contribution in [-0.2, 0) is 11.4 Å². The fourth-order valence-corrected chi connectivity index (χ4v) is 2.94. The number of hydrogen-bond donors (Lipinski definition) is 2. The minimum absolute atomic E-state index is 0.0136. The van der Waals surface area contributed by atoms with Gasteiger partial charge < -0.3 is 15.2 Å². The summed E-state index contributed by atoms with van der Waals surface area (Å²) in [6.07, 6.45) is 4.02. The van der Waals surface area contributed by atoms with E-state index in [2.05, 4.69) is 5.32 Å². The van der Waals surface area contributed by atoms with Crippen LogP contribution in [0.3, 0.4) is 0 Å². The molecule has 21 heavy (non-hydrogen) atoms. The summed E-state index contributed by atoms with van der Waals surface area (Å²) in [5.74, 6) is 0.688. The van der Waals surface area contributed by atoms with Crippen LogP contribution < -0.4 is 10.1 Å². The number of aryl methyl sites for hydroxylation is 2. The predicted octanol–water partition coefficient (Wildman–Crippen LogP) is 2.62. The zero-order chi connectivity index (χ0) is 15.4. The number of carbonyl (C=O) groups excluding carboxylic acids is 1. The van der Waals surface area contributed by atoms with E-state index in [1.54, 1.807) is 6.92 Å². The number of hydrogen-bond acceptors (Lipinski definition) is 3. The number of aliphatic hydroxyl groups excluding tert-OH is 1. The van der Waals surface area contributed by atoms with E-state index in [1.165, 1.54) is 12.8 Å². The highest BCUT2D eigenvalue weighted by Gasteiger charge is 2.22.